The van der Waals surface area contributed by atoms with E-state index in [4.69, 9.17) is 14.5 Å². The summed E-state index contributed by atoms with van der Waals surface area (Å²) in [6, 6.07) is 17.6. The number of aromatic nitrogens is 2. The first-order chi connectivity index (χ1) is 17.7. The van der Waals surface area contributed by atoms with Gasteiger partial charge in [-0.15, -0.1) is 0 Å². The van der Waals surface area contributed by atoms with Gasteiger partial charge in [-0.1, -0.05) is 18.2 Å². The zero-order valence-corrected chi connectivity index (χ0v) is 20.0. The summed E-state index contributed by atoms with van der Waals surface area (Å²) in [5.41, 5.74) is 4.71. The second kappa shape index (κ2) is 11.2. The molecule has 0 spiro atoms. The zero-order valence-electron chi connectivity index (χ0n) is 20.0. The van der Waals surface area contributed by atoms with E-state index >= 15 is 0 Å². The number of nitriles is 1. The Morgan fingerprint density at radius 3 is 2.42 bits per heavy atom. The fourth-order valence-electron chi connectivity index (χ4n) is 4.34. The highest BCUT2D eigenvalue weighted by atomic mass is 16.5. The van der Waals surface area contributed by atoms with Gasteiger partial charge in [0.1, 0.15) is 11.9 Å². The number of nitrogens with one attached hydrogen (secondary N) is 1. The second-order valence-electron chi connectivity index (χ2n) is 8.70. The lowest BCUT2D eigenvalue weighted by molar-refractivity contribution is 0.0564. The third kappa shape index (κ3) is 5.62. The summed E-state index contributed by atoms with van der Waals surface area (Å²) in [5.74, 6) is 0.704. The van der Waals surface area contributed by atoms with E-state index in [0.717, 1.165) is 43.1 Å². The van der Waals surface area contributed by atoms with Crippen molar-refractivity contribution in [1.82, 2.24) is 14.9 Å². The van der Waals surface area contributed by atoms with Crippen molar-refractivity contribution in [2.24, 2.45) is 0 Å². The van der Waals surface area contributed by atoms with E-state index in [2.05, 4.69) is 45.5 Å². The number of hydrogen-bond acceptors (Lipinski definition) is 7. The molecule has 2 amide bonds. The average molecular weight is 485 g/mol. The van der Waals surface area contributed by atoms with Gasteiger partial charge in [-0.25, -0.2) is 14.8 Å². The van der Waals surface area contributed by atoms with Crippen LogP contribution in [0.4, 0.5) is 16.2 Å². The Morgan fingerprint density at radius 2 is 1.69 bits per heavy atom. The summed E-state index contributed by atoms with van der Waals surface area (Å²) >= 11 is 0. The number of urea groups is 1. The Bertz CT molecular complexity index is 1250. The summed E-state index contributed by atoms with van der Waals surface area (Å²) in [7, 11) is 0. The molecule has 0 atom stereocenters. The van der Waals surface area contributed by atoms with E-state index in [0.29, 0.717) is 49.8 Å². The van der Waals surface area contributed by atoms with Crippen LogP contribution in [-0.4, -0.2) is 73.5 Å². The van der Waals surface area contributed by atoms with Gasteiger partial charge in [-0.3, -0.25) is 0 Å². The summed E-state index contributed by atoms with van der Waals surface area (Å²) in [6.45, 7) is 5.44. The predicted octanol–water partition coefficient (Wildman–Crippen LogP) is 3.31. The minimum Gasteiger partial charge on any atom is -0.378 e. The Morgan fingerprint density at radius 1 is 0.972 bits per heavy atom. The van der Waals surface area contributed by atoms with Crippen molar-refractivity contribution in [2.75, 3.05) is 62.8 Å². The lowest BCUT2D eigenvalue weighted by atomic mass is 10.1. The highest BCUT2D eigenvalue weighted by Crippen LogP contribution is 2.25. The number of carbonyl (C=O) groups excluding carboxylic acids is 1. The topological polar surface area (TPSA) is 104 Å². The van der Waals surface area contributed by atoms with Crippen LogP contribution in [0.2, 0.25) is 0 Å². The maximum Gasteiger partial charge on any atom is 0.322 e. The van der Waals surface area contributed by atoms with Gasteiger partial charge < -0.3 is 24.6 Å². The number of rotatable bonds is 5. The van der Waals surface area contributed by atoms with E-state index in [1.807, 2.05) is 12.1 Å². The van der Waals surface area contributed by atoms with Crippen LogP contribution in [0.3, 0.4) is 0 Å². The molecule has 0 radical (unpaired) electrons. The van der Waals surface area contributed by atoms with E-state index in [9.17, 15) is 10.1 Å². The minimum atomic E-state index is -0.230. The van der Waals surface area contributed by atoms with Crippen molar-refractivity contribution in [2.45, 2.75) is 6.42 Å². The Labute approximate surface area is 210 Å². The quantitative estimate of drug-likeness (QED) is 0.593. The van der Waals surface area contributed by atoms with E-state index in [1.165, 1.54) is 5.69 Å². The standard InChI is InChI=1S/C27H28N6O3/c28-19-22-18-21(3-6-24(22)31-27(34)33-11-15-36-16-12-33)25-7-8-29-26(30-25)17-20-1-4-23(5-2-20)32-9-13-35-14-10-32/h1-8,18H,9-17H2,(H,31,34). The molecule has 1 N–H and O–H groups in total. The van der Waals surface area contributed by atoms with Gasteiger partial charge in [0.25, 0.3) is 0 Å². The van der Waals surface area contributed by atoms with Crippen LogP contribution < -0.4 is 10.2 Å². The van der Waals surface area contributed by atoms with Crippen LogP contribution in [0.5, 0.6) is 0 Å². The van der Waals surface area contributed by atoms with Crippen molar-refractivity contribution in [3.63, 3.8) is 0 Å². The molecule has 0 aliphatic carbocycles. The molecule has 1 aromatic heterocycles. The van der Waals surface area contributed by atoms with E-state index < -0.39 is 0 Å². The molecule has 2 aliphatic rings. The lowest BCUT2D eigenvalue weighted by Gasteiger charge is -2.28. The predicted molar refractivity (Wildman–Crippen MR) is 136 cm³/mol. The molecule has 2 aliphatic heterocycles. The Balaban J connectivity index is 1.28. The molecule has 0 bridgehead atoms. The Hall–Kier alpha value is -4.00. The van der Waals surface area contributed by atoms with Crippen LogP contribution in [0.15, 0.2) is 54.7 Å². The van der Waals surface area contributed by atoms with Crippen LogP contribution in [0, 0.1) is 11.3 Å². The molecule has 36 heavy (non-hydrogen) atoms. The molecule has 0 unspecified atom stereocenters. The number of hydrogen-bond donors (Lipinski definition) is 1. The largest absolute Gasteiger partial charge is 0.378 e. The molecule has 9 nitrogen and oxygen atoms in total. The van der Waals surface area contributed by atoms with E-state index in [-0.39, 0.29) is 6.03 Å². The third-order valence-corrected chi connectivity index (χ3v) is 6.36. The van der Waals surface area contributed by atoms with Gasteiger partial charge in [0, 0.05) is 50.0 Å². The average Bonchev–Trinajstić information content (AvgIpc) is 2.95. The van der Waals surface area contributed by atoms with Crippen LogP contribution in [-0.2, 0) is 15.9 Å². The summed E-state index contributed by atoms with van der Waals surface area (Å²) in [6.07, 6.45) is 2.34. The van der Waals surface area contributed by atoms with Crippen LogP contribution >= 0.6 is 0 Å². The molecule has 5 rings (SSSR count). The van der Waals surface area contributed by atoms with Crippen molar-refractivity contribution >= 4 is 17.4 Å². The molecule has 2 saturated heterocycles. The first-order valence-electron chi connectivity index (χ1n) is 12.1. The number of benzene rings is 2. The molecule has 0 saturated carbocycles. The van der Waals surface area contributed by atoms with E-state index in [1.54, 1.807) is 23.2 Å². The first kappa shape index (κ1) is 23.7. The van der Waals surface area contributed by atoms with Crippen LogP contribution in [0.25, 0.3) is 11.3 Å². The highest BCUT2D eigenvalue weighted by Gasteiger charge is 2.18. The van der Waals surface area contributed by atoms with Crippen molar-refractivity contribution in [3.05, 3.63) is 71.7 Å². The van der Waals surface area contributed by atoms with Gasteiger partial charge in [-0.05, 0) is 35.9 Å². The molecule has 2 fully saturated rings. The number of carbonyl (C=O) groups is 1. The first-order valence-corrected chi connectivity index (χ1v) is 12.1. The van der Waals surface area contributed by atoms with Crippen molar-refractivity contribution in [1.29, 1.82) is 5.26 Å². The molecular weight excluding hydrogens is 456 g/mol. The second-order valence-corrected chi connectivity index (χ2v) is 8.70. The zero-order chi connectivity index (χ0) is 24.7. The highest BCUT2D eigenvalue weighted by molar-refractivity contribution is 5.91. The summed E-state index contributed by atoms with van der Waals surface area (Å²) in [5, 5.41) is 12.5. The summed E-state index contributed by atoms with van der Waals surface area (Å²) < 4.78 is 10.7. The molecule has 9 heteroatoms. The molecule has 2 aromatic carbocycles. The number of nitrogens with zero attached hydrogens (tertiary/aromatic N) is 5. The smallest absolute Gasteiger partial charge is 0.322 e. The number of anilines is 2. The van der Waals surface area contributed by atoms with Gasteiger partial charge in [0.2, 0.25) is 0 Å². The molecular formula is C27H28N6O3. The lowest BCUT2D eigenvalue weighted by Crippen LogP contribution is -2.43. The fourth-order valence-corrected chi connectivity index (χ4v) is 4.34. The SMILES string of the molecule is N#Cc1cc(-c2ccnc(Cc3ccc(N4CCOCC4)cc3)n2)ccc1NC(=O)N1CCOCC1. The number of ether oxygens (including phenoxy) is 2. The molecule has 3 heterocycles. The third-order valence-electron chi connectivity index (χ3n) is 6.36. The minimum absolute atomic E-state index is 0.230. The number of amides is 2. The monoisotopic (exact) mass is 484 g/mol. The molecule has 3 aromatic rings. The Kier molecular flexibility index (Phi) is 7.36. The van der Waals surface area contributed by atoms with Crippen LogP contribution in [0.1, 0.15) is 17.0 Å². The normalized spacial score (nSPS) is 15.9. The van der Waals surface area contributed by atoms with Crippen molar-refractivity contribution in [3.8, 4) is 17.3 Å². The maximum absolute atomic E-state index is 12.5. The van der Waals surface area contributed by atoms with Gasteiger partial charge in [0.05, 0.1) is 43.4 Å². The van der Waals surface area contributed by atoms with Gasteiger partial charge in [-0.2, -0.15) is 5.26 Å². The molecule has 184 valence electrons. The van der Waals surface area contributed by atoms with Gasteiger partial charge >= 0.3 is 6.03 Å². The summed E-state index contributed by atoms with van der Waals surface area (Å²) in [4.78, 5) is 25.7. The number of morpholine rings is 2. The van der Waals surface area contributed by atoms with Gasteiger partial charge in [0.15, 0.2) is 0 Å². The maximum atomic E-state index is 12.5. The fraction of sp³-hybridized carbons (Fsp3) is 0.333. The van der Waals surface area contributed by atoms with Crippen molar-refractivity contribution < 1.29 is 14.3 Å².